The molecule has 220 valence electrons. The van der Waals surface area contributed by atoms with E-state index in [9.17, 15) is 13.2 Å². The minimum Gasteiger partial charge on any atom is -0.447 e. The second kappa shape index (κ2) is 11.1. The summed E-state index contributed by atoms with van der Waals surface area (Å²) in [6.07, 6.45) is 8.80. The fourth-order valence-corrected chi connectivity index (χ4v) is 11.2. The van der Waals surface area contributed by atoms with Gasteiger partial charge < -0.3 is 15.4 Å². The highest BCUT2D eigenvalue weighted by Gasteiger charge is 2.51. The number of halogens is 1. The summed E-state index contributed by atoms with van der Waals surface area (Å²) in [6, 6.07) is 7.57. The molecule has 4 fully saturated rings. The van der Waals surface area contributed by atoms with E-state index in [4.69, 9.17) is 9.72 Å². The average Bonchev–Trinajstić information content (AvgIpc) is 3.59. The maximum atomic E-state index is 13.6. The summed E-state index contributed by atoms with van der Waals surface area (Å²) in [5, 5.41) is 11.8. The number of aryl methyl sites for hydroxylation is 1. The van der Waals surface area contributed by atoms with Crippen molar-refractivity contribution in [3.63, 3.8) is 0 Å². The zero-order valence-electron chi connectivity index (χ0n) is 23.4. The highest BCUT2D eigenvalue weighted by molar-refractivity contribution is 14.2. The van der Waals surface area contributed by atoms with Gasteiger partial charge in [0.2, 0.25) is 0 Å². The van der Waals surface area contributed by atoms with Gasteiger partial charge in [0.05, 0.1) is 32.5 Å². The van der Waals surface area contributed by atoms with Crippen molar-refractivity contribution in [1.29, 1.82) is 0 Å². The Morgan fingerprint density at radius 1 is 1.17 bits per heavy atom. The van der Waals surface area contributed by atoms with Crippen LogP contribution in [0.25, 0.3) is 10.4 Å². The van der Waals surface area contributed by atoms with Crippen molar-refractivity contribution in [3.8, 4) is 10.4 Å². The first kappa shape index (κ1) is 29.3. The third-order valence-electron chi connectivity index (χ3n) is 8.67. The smallest absolute Gasteiger partial charge is 0.407 e. The van der Waals surface area contributed by atoms with Gasteiger partial charge in [-0.15, -0.1) is 11.3 Å². The SMILES string of the molecule is Cc1cc(Nc2ccc(-c3cnc(C45CCC(NC(=O)OC(C)C)(CC4)CC5)s3)c(S(=O)(=O)C3CC3)c2)nn1PI. The van der Waals surface area contributed by atoms with Crippen LogP contribution in [0.3, 0.4) is 0 Å². The van der Waals surface area contributed by atoms with Crippen LogP contribution in [0.5, 0.6) is 0 Å². The van der Waals surface area contributed by atoms with E-state index < -0.39 is 9.84 Å². The molecule has 9 nitrogen and oxygen atoms in total. The van der Waals surface area contributed by atoms with Crippen LogP contribution in [0.4, 0.5) is 16.3 Å². The van der Waals surface area contributed by atoms with Gasteiger partial charge in [-0.05, 0) is 106 Å². The molecule has 7 rings (SSSR count). The van der Waals surface area contributed by atoms with Crippen molar-refractivity contribution in [2.75, 3.05) is 5.32 Å². The maximum Gasteiger partial charge on any atom is 0.407 e. The molecular formula is C28H35IN5O4PS2. The number of carbonyl (C=O) groups excluding carboxylic acids is 1. The molecule has 2 heterocycles. The molecule has 0 radical (unpaired) electrons. The molecule has 13 heteroatoms. The highest BCUT2D eigenvalue weighted by Crippen LogP contribution is 2.55. The topological polar surface area (TPSA) is 115 Å². The molecule has 0 spiro atoms. The number of thiazole rings is 1. The van der Waals surface area contributed by atoms with Crippen LogP contribution in [0, 0.1) is 6.92 Å². The lowest BCUT2D eigenvalue weighted by atomic mass is 9.57. The number of nitrogens with one attached hydrogen (secondary N) is 2. The second-order valence-corrected chi connectivity index (χ2v) is 17.2. The Bertz CT molecular complexity index is 1560. The predicted octanol–water partition coefficient (Wildman–Crippen LogP) is 7.27. The molecule has 4 aliphatic carbocycles. The molecule has 0 saturated heterocycles. The fourth-order valence-electron chi connectivity index (χ4n) is 6.16. The number of hydrogen-bond acceptors (Lipinski definition) is 8. The summed E-state index contributed by atoms with van der Waals surface area (Å²) < 4.78 is 34.5. The number of anilines is 2. The molecule has 2 aromatic heterocycles. The highest BCUT2D eigenvalue weighted by atomic mass is 127. The summed E-state index contributed by atoms with van der Waals surface area (Å²) in [6.45, 7) is 5.72. The van der Waals surface area contributed by atoms with E-state index in [1.807, 2.05) is 49.6 Å². The first-order valence-electron chi connectivity index (χ1n) is 14.1. The van der Waals surface area contributed by atoms with Crippen LogP contribution in [-0.4, -0.2) is 45.9 Å². The number of fused-ring (bicyclic) bond motifs is 3. The molecule has 0 aliphatic heterocycles. The van der Waals surface area contributed by atoms with Crippen molar-refractivity contribution in [1.82, 2.24) is 19.9 Å². The van der Waals surface area contributed by atoms with Crippen molar-refractivity contribution in [3.05, 3.63) is 41.2 Å². The summed E-state index contributed by atoms with van der Waals surface area (Å²) in [4.78, 5) is 18.5. The molecule has 4 saturated carbocycles. The number of hydrogen-bond donors (Lipinski definition) is 2. The number of benzene rings is 1. The predicted molar refractivity (Wildman–Crippen MR) is 173 cm³/mol. The van der Waals surface area contributed by atoms with Gasteiger partial charge in [-0.2, -0.15) is 5.10 Å². The fraction of sp³-hybridized carbons (Fsp3) is 0.536. The Morgan fingerprint density at radius 2 is 1.88 bits per heavy atom. The van der Waals surface area contributed by atoms with E-state index in [1.54, 1.807) is 17.4 Å². The summed E-state index contributed by atoms with van der Waals surface area (Å²) >= 11 is 3.91. The van der Waals surface area contributed by atoms with Crippen LogP contribution < -0.4 is 10.6 Å². The number of alkyl carbamates (subject to hydrolysis) is 1. The Balaban J connectivity index is 1.26. The van der Waals surface area contributed by atoms with Gasteiger partial charge in [0.1, 0.15) is 0 Å². The number of ether oxygens (including phenoxy) is 1. The monoisotopic (exact) mass is 727 g/mol. The molecule has 1 unspecified atom stereocenters. The van der Waals surface area contributed by atoms with Crippen molar-refractivity contribution >= 4 is 67.2 Å². The lowest BCUT2D eigenvalue weighted by molar-refractivity contribution is 0.0560. The molecule has 3 aromatic rings. The number of sulfone groups is 1. The Hall–Kier alpha value is -1.76. The van der Waals surface area contributed by atoms with Crippen LogP contribution in [0.15, 0.2) is 35.4 Å². The van der Waals surface area contributed by atoms with Crippen LogP contribution >= 0.6 is 39.8 Å². The van der Waals surface area contributed by atoms with Crippen LogP contribution in [0.2, 0.25) is 0 Å². The molecular weight excluding hydrogens is 692 g/mol. The van der Waals surface area contributed by atoms with Crippen LogP contribution in [0.1, 0.15) is 75.9 Å². The number of nitrogens with zero attached hydrogens (tertiary/aromatic N) is 3. The van der Waals surface area contributed by atoms with Crippen molar-refractivity contribution in [2.24, 2.45) is 0 Å². The molecule has 41 heavy (non-hydrogen) atoms. The normalized spacial score (nSPS) is 24.3. The largest absolute Gasteiger partial charge is 0.447 e. The molecule has 1 aromatic carbocycles. The average molecular weight is 728 g/mol. The number of rotatable bonds is 9. The molecule has 1 amide bonds. The van der Waals surface area contributed by atoms with E-state index in [2.05, 4.69) is 37.8 Å². The Labute approximate surface area is 259 Å². The van der Waals surface area contributed by atoms with Gasteiger partial charge in [-0.3, -0.25) is 0 Å². The number of aromatic nitrogens is 3. The van der Waals surface area contributed by atoms with E-state index in [1.165, 1.54) is 0 Å². The molecule has 2 N–H and O–H groups in total. The van der Waals surface area contributed by atoms with Gasteiger partial charge in [0, 0.05) is 40.2 Å². The first-order chi connectivity index (χ1) is 19.5. The Kier molecular flexibility index (Phi) is 7.91. The Morgan fingerprint density at radius 3 is 2.49 bits per heavy atom. The summed E-state index contributed by atoms with van der Waals surface area (Å²) in [5.41, 5.74) is 2.25. The van der Waals surface area contributed by atoms with Gasteiger partial charge >= 0.3 is 6.09 Å². The van der Waals surface area contributed by atoms with Crippen molar-refractivity contribution in [2.45, 2.75) is 99.3 Å². The minimum atomic E-state index is -3.46. The summed E-state index contributed by atoms with van der Waals surface area (Å²) in [5.74, 6) is 0.700. The zero-order valence-corrected chi connectivity index (χ0v) is 28.2. The van der Waals surface area contributed by atoms with E-state index in [0.717, 1.165) is 59.7 Å². The maximum absolute atomic E-state index is 13.6. The van der Waals surface area contributed by atoms with E-state index in [0.29, 0.717) is 35.6 Å². The van der Waals surface area contributed by atoms with Crippen molar-refractivity contribution < 1.29 is 17.9 Å². The molecule has 4 aliphatic rings. The standard InChI is InChI=1S/C28H35IN5O4PS2/c1-17(2)38-26(35)32-28-11-8-27(9-12-28,10-13-28)25-30-16-22(40-25)21-7-4-19(15-23(21)41(36,37)20-5-6-20)31-24-14-18(3)34(33-24)39-29/h4,7,14-17,20,39H,5-6,8-13H2,1-3H3,(H,31,33)(H,32,35). The molecule has 1 atom stereocenters. The second-order valence-electron chi connectivity index (χ2n) is 11.9. The molecule has 2 bridgehead atoms. The van der Waals surface area contributed by atoms with Gasteiger partial charge in [0.25, 0.3) is 0 Å². The zero-order chi connectivity index (χ0) is 29.0. The number of carbonyl (C=O) groups is 1. The third-order valence-corrected chi connectivity index (χ3v) is 14.2. The summed E-state index contributed by atoms with van der Waals surface area (Å²) in [7, 11) is -3.46. The lowest BCUT2D eigenvalue weighted by Gasteiger charge is -2.52. The van der Waals surface area contributed by atoms with E-state index in [-0.39, 0.29) is 28.4 Å². The van der Waals surface area contributed by atoms with Crippen LogP contribution in [-0.2, 0) is 20.0 Å². The first-order valence-corrected chi connectivity index (χ1v) is 20.5. The lowest BCUT2D eigenvalue weighted by Crippen LogP contribution is -2.58. The van der Waals surface area contributed by atoms with Gasteiger partial charge in [-0.25, -0.2) is 22.6 Å². The number of amides is 1. The van der Waals surface area contributed by atoms with Gasteiger partial charge in [0.15, 0.2) is 15.7 Å². The quantitative estimate of drug-likeness (QED) is 0.176. The van der Waals surface area contributed by atoms with Gasteiger partial charge in [-0.1, -0.05) is 6.07 Å². The third kappa shape index (κ3) is 5.78. The van der Waals surface area contributed by atoms with E-state index >= 15 is 0 Å². The minimum absolute atomic E-state index is 0.0265.